The average molecular weight is 317 g/mol. The molecule has 1 aliphatic rings. The van der Waals surface area contributed by atoms with Gasteiger partial charge in [-0.2, -0.15) is 0 Å². The Kier molecular flexibility index (Phi) is 5.79. The Morgan fingerprint density at radius 2 is 2.09 bits per heavy atom. The van der Waals surface area contributed by atoms with Crippen LogP contribution in [0.5, 0.6) is 5.75 Å². The van der Waals surface area contributed by atoms with Crippen LogP contribution in [0.3, 0.4) is 0 Å². The van der Waals surface area contributed by atoms with Crippen LogP contribution in [0, 0.1) is 5.92 Å². The fraction of sp³-hybridized carbons (Fsp3) is 0.444. The van der Waals surface area contributed by atoms with Gasteiger partial charge in [-0.05, 0) is 31.0 Å². The minimum atomic E-state index is -0.601. The van der Waals surface area contributed by atoms with Crippen molar-refractivity contribution in [1.29, 1.82) is 0 Å². The standard InChI is InChI=1S/C18H23NO4/c1-4-14-8-11-16(20)19(17(14)18(21)23-5-2)12-13-6-9-15(22-3)10-7-13/h4,6-7,9-10,14,17H,1,5,8,11-12H2,2-3H3/t14-,17-/m1/s1. The Labute approximate surface area is 136 Å². The lowest BCUT2D eigenvalue weighted by molar-refractivity contribution is -0.160. The number of carbonyl (C=O) groups is 2. The molecule has 0 spiro atoms. The van der Waals surface area contributed by atoms with Crippen molar-refractivity contribution in [3.63, 3.8) is 0 Å². The van der Waals surface area contributed by atoms with Crippen molar-refractivity contribution in [2.75, 3.05) is 13.7 Å². The molecule has 0 saturated carbocycles. The van der Waals surface area contributed by atoms with Crippen molar-refractivity contribution in [3.8, 4) is 5.75 Å². The predicted octanol–water partition coefficient (Wildman–Crippen LogP) is 2.55. The van der Waals surface area contributed by atoms with Crippen LogP contribution < -0.4 is 4.74 Å². The summed E-state index contributed by atoms with van der Waals surface area (Å²) in [4.78, 5) is 26.3. The molecule has 124 valence electrons. The number of hydrogen-bond donors (Lipinski definition) is 0. The summed E-state index contributed by atoms with van der Waals surface area (Å²) in [6, 6.07) is 6.87. The summed E-state index contributed by atoms with van der Waals surface area (Å²) >= 11 is 0. The molecule has 1 heterocycles. The number of methoxy groups -OCH3 is 1. The van der Waals surface area contributed by atoms with E-state index in [1.807, 2.05) is 24.3 Å². The van der Waals surface area contributed by atoms with E-state index >= 15 is 0 Å². The molecule has 23 heavy (non-hydrogen) atoms. The zero-order valence-electron chi connectivity index (χ0n) is 13.7. The highest BCUT2D eigenvalue weighted by Gasteiger charge is 2.40. The van der Waals surface area contributed by atoms with Gasteiger partial charge in [-0.25, -0.2) is 4.79 Å². The average Bonchev–Trinajstić information content (AvgIpc) is 2.57. The molecule has 1 aromatic carbocycles. The van der Waals surface area contributed by atoms with Crippen LogP contribution in [0.4, 0.5) is 0 Å². The minimum Gasteiger partial charge on any atom is -0.497 e. The van der Waals surface area contributed by atoms with Crippen molar-refractivity contribution in [1.82, 2.24) is 4.90 Å². The third-order valence-corrected chi connectivity index (χ3v) is 4.10. The van der Waals surface area contributed by atoms with Crippen LogP contribution >= 0.6 is 0 Å². The highest BCUT2D eigenvalue weighted by atomic mass is 16.5. The second kappa shape index (κ2) is 7.81. The summed E-state index contributed by atoms with van der Waals surface area (Å²) in [6.45, 7) is 6.23. The quantitative estimate of drug-likeness (QED) is 0.598. The number of amides is 1. The first-order chi connectivity index (χ1) is 11.1. The second-order valence-corrected chi connectivity index (χ2v) is 5.50. The topological polar surface area (TPSA) is 55.8 Å². The lowest BCUT2D eigenvalue weighted by Crippen LogP contribution is -2.52. The second-order valence-electron chi connectivity index (χ2n) is 5.50. The largest absolute Gasteiger partial charge is 0.497 e. The first-order valence-electron chi connectivity index (χ1n) is 7.82. The highest BCUT2D eigenvalue weighted by Crippen LogP contribution is 2.28. The lowest BCUT2D eigenvalue weighted by Gasteiger charge is -2.38. The number of carbonyl (C=O) groups excluding carboxylic acids is 2. The minimum absolute atomic E-state index is 0.0306. The normalized spacial score (nSPS) is 21.0. The summed E-state index contributed by atoms with van der Waals surface area (Å²) in [7, 11) is 1.61. The van der Waals surface area contributed by atoms with Crippen molar-refractivity contribution < 1.29 is 19.1 Å². The summed E-state index contributed by atoms with van der Waals surface area (Å²) < 4.78 is 10.3. The van der Waals surface area contributed by atoms with Crippen molar-refractivity contribution in [3.05, 3.63) is 42.5 Å². The smallest absolute Gasteiger partial charge is 0.329 e. The van der Waals surface area contributed by atoms with Crippen LogP contribution in [0.2, 0.25) is 0 Å². The van der Waals surface area contributed by atoms with Gasteiger partial charge >= 0.3 is 5.97 Å². The maximum atomic E-state index is 12.4. The summed E-state index contributed by atoms with van der Waals surface area (Å²) in [5.74, 6) is 0.283. The SMILES string of the molecule is C=C[C@@H]1CCC(=O)N(Cc2ccc(OC)cc2)[C@H]1C(=O)OCC. The number of piperidine rings is 1. The molecule has 5 nitrogen and oxygen atoms in total. The van der Waals surface area contributed by atoms with E-state index in [4.69, 9.17) is 9.47 Å². The van der Waals surface area contributed by atoms with Crippen molar-refractivity contribution in [2.24, 2.45) is 5.92 Å². The van der Waals surface area contributed by atoms with Gasteiger partial charge in [0.15, 0.2) is 0 Å². The summed E-state index contributed by atoms with van der Waals surface area (Å²) in [5, 5.41) is 0. The van der Waals surface area contributed by atoms with Gasteiger partial charge < -0.3 is 14.4 Å². The van der Waals surface area contributed by atoms with Gasteiger partial charge in [0.1, 0.15) is 11.8 Å². The van der Waals surface area contributed by atoms with Gasteiger partial charge in [0.25, 0.3) is 0 Å². The number of hydrogen-bond acceptors (Lipinski definition) is 4. The van der Waals surface area contributed by atoms with Gasteiger partial charge in [-0.15, -0.1) is 6.58 Å². The molecule has 1 aromatic rings. The van der Waals surface area contributed by atoms with Gasteiger partial charge in [0.05, 0.1) is 13.7 Å². The fourth-order valence-corrected chi connectivity index (χ4v) is 2.87. The molecule has 1 saturated heterocycles. The third kappa shape index (κ3) is 3.92. The summed E-state index contributed by atoms with van der Waals surface area (Å²) in [6.07, 6.45) is 2.79. The first-order valence-corrected chi connectivity index (χ1v) is 7.82. The number of esters is 1. The van der Waals surface area contributed by atoms with E-state index in [9.17, 15) is 9.59 Å². The van der Waals surface area contributed by atoms with E-state index < -0.39 is 6.04 Å². The van der Waals surface area contributed by atoms with Crippen LogP contribution in [0.25, 0.3) is 0 Å². The van der Waals surface area contributed by atoms with E-state index in [0.29, 0.717) is 26.0 Å². The van der Waals surface area contributed by atoms with Crippen LogP contribution in [-0.4, -0.2) is 36.5 Å². The highest BCUT2D eigenvalue weighted by molar-refractivity contribution is 5.86. The van der Waals surface area contributed by atoms with Gasteiger partial charge in [0.2, 0.25) is 5.91 Å². The molecule has 0 N–H and O–H groups in total. The number of ether oxygens (including phenoxy) is 2. The predicted molar refractivity (Wildman–Crippen MR) is 86.9 cm³/mol. The molecule has 5 heteroatoms. The molecule has 1 fully saturated rings. The molecule has 1 amide bonds. The molecular formula is C18H23NO4. The third-order valence-electron chi connectivity index (χ3n) is 4.10. The Bertz CT molecular complexity index is 567. The monoisotopic (exact) mass is 317 g/mol. The zero-order chi connectivity index (χ0) is 16.8. The number of nitrogens with zero attached hydrogens (tertiary/aromatic N) is 1. The van der Waals surface area contributed by atoms with E-state index in [2.05, 4.69) is 6.58 Å². The lowest BCUT2D eigenvalue weighted by atomic mass is 9.88. The number of benzene rings is 1. The van der Waals surface area contributed by atoms with E-state index in [1.165, 1.54) is 0 Å². The van der Waals surface area contributed by atoms with Crippen molar-refractivity contribution >= 4 is 11.9 Å². The van der Waals surface area contributed by atoms with E-state index in [0.717, 1.165) is 11.3 Å². The maximum absolute atomic E-state index is 12.4. The Hall–Kier alpha value is -2.30. The zero-order valence-corrected chi connectivity index (χ0v) is 13.7. The van der Waals surface area contributed by atoms with Crippen molar-refractivity contribution in [2.45, 2.75) is 32.4 Å². The Balaban J connectivity index is 2.23. The molecular weight excluding hydrogens is 294 g/mol. The van der Waals surface area contributed by atoms with Gasteiger partial charge in [-0.1, -0.05) is 18.2 Å². The van der Waals surface area contributed by atoms with Gasteiger partial charge in [0, 0.05) is 18.9 Å². The molecule has 2 rings (SSSR count). The molecule has 0 aromatic heterocycles. The number of likely N-dealkylation sites (tertiary alicyclic amines) is 1. The maximum Gasteiger partial charge on any atom is 0.329 e. The molecule has 0 bridgehead atoms. The molecule has 0 radical (unpaired) electrons. The molecule has 0 unspecified atom stereocenters. The van der Waals surface area contributed by atoms with E-state index in [1.54, 1.807) is 25.0 Å². The molecule has 1 aliphatic heterocycles. The number of rotatable bonds is 6. The first kappa shape index (κ1) is 17.1. The van der Waals surface area contributed by atoms with E-state index in [-0.39, 0.29) is 17.8 Å². The summed E-state index contributed by atoms with van der Waals surface area (Å²) in [5.41, 5.74) is 0.943. The Morgan fingerprint density at radius 3 is 2.65 bits per heavy atom. The fourth-order valence-electron chi connectivity index (χ4n) is 2.87. The van der Waals surface area contributed by atoms with Crippen LogP contribution in [-0.2, 0) is 20.9 Å². The van der Waals surface area contributed by atoms with Gasteiger partial charge in [-0.3, -0.25) is 4.79 Å². The Morgan fingerprint density at radius 1 is 1.39 bits per heavy atom. The molecule has 0 aliphatic carbocycles. The van der Waals surface area contributed by atoms with Crippen LogP contribution in [0.1, 0.15) is 25.3 Å². The molecule has 2 atom stereocenters. The van der Waals surface area contributed by atoms with Crippen LogP contribution in [0.15, 0.2) is 36.9 Å².